The Morgan fingerprint density at radius 3 is 2.46 bits per heavy atom. The monoisotopic (exact) mass is 407 g/mol. The van der Waals surface area contributed by atoms with Gasteiger partial charge in [-0.3, -0.25) is 0 Å². The number of thiazole rings is 1. The van der Waals surface area contributed by atoms with Crippen LogP contribution in [0.15, 0.2) is 42.5 Å². The molecule has 0 atom stereocenters. The summed E-state index contributed by atoms with van der Waals surface area (Å²) < 4.78 is 45.6. The number of halogens is 3. The van der Waals surface area contributed by atoms with Gasteiger partial charge in [-0.05, 0) is 37.3 Å². The fourth-order valence-electron chi connectivity index (χ4n) is 3.35. The van der Waals surface area contributed by atoms with Gasteiger partial charge in [0.1, 0.15) is 11.3 Å². The second kappa shape index (κ2) is 7.50. The number of para-hydroxylation sites is 1. The van der Waals surface area contributed by atoms with Crippen molar-refractivity contribution in [1.29, 1.82) is 0 Å². The molecule has 2 aromatic carbocycles. The Kier molecular flexibility index (Phi) is 5.05. The van der Waals surface area contributed by atoms with Gasteiger partial charge in [0.2, 0.25) is 0 Å². The zero-order valence-electron chi connectivity index (χ0n) is 15.4. The minimum absolute atomic E-state index is 0.585. The van der Waals surface area contributed by atoms with Crippen molar-refractivity contribution >= 4 is 32.4 Å². The van der Waals surface area contributed by atoms with Crippen LogP contribution in [0.2, 0.25) is 0 Å². The van der Waals surface area contributed by atoms with Crippen molar-refractivity contribution in [3.05, 3.63) is 48.0 Å². The van der Waals surface area contributed by atoms with Crippen LogP contribution >= 0.6 is 11.3 Å². The predicted molar refractivity (Wildman–Crippen MR) is 107 cm³/mol. The smallest absolute Gasteiger partial charge is 0.416 e. The maximum atomic E-state index is 13.0. The lowest BCUT2D eigenvalue weighted by molar-refractivity contribution is -0.137. The van der Waals surface area contributed by atoms with Gasteiger partial charge in [0, 0.05) is 31.9 Å². The van der Waals surface area contributed by atoms with E-state index < -0.39 is 11.7 Å². The van der Waals surface area contributed by atoms with Gasteiger partial charge in [-0.15, -0.1) is 0 Å². The van der Waals surface area contributed by atoms with E-state index in [4.69, 9.17) is 9.72 Å². The first-order valence-corrected chi connectivity index (χ1v) is 9.97. The Morgan fingerprint density at radius 1 is 1.04 bits per heavy atom. The molecule has 0 aliphatic carbocycles. The van der Waals surface area contributed by atoms with E-state index in [9.17, 15) is 13.2 Å². The molecule has 3 aromatic rings. The van der Waals surface area contributed by atoms with E-state index in [0.717, 1.165) is 27.2 Å². The Balaban J connectivity index is 1.49. The lowest BCUT2D eigenvalue weighted by atomic mass is 10.1. The number of alkyl halides is 3. The highest BCUT2D eigenvalue weighted by Gasteiger charge is 2.31. The topological polar surface area (TPSA) is 28.6 Å². The fourth-order valence-corrected chi connectivity index (χ4v) is 4.39. The van der Waals surface area contributed by atoms with E-state index in [-0.39, 0.29) is 0 Å². The number of nitrogens with zero attached hydrogens (tertiary/aromatic N) is 3. The van der Waals surface area contributed by atoms with E-state index in [2.05, 4.69) is 4.90 Å². The molecule has 8 heteroatoms. The number of anilines is 2. The van der Waals surface area contributed by atoms with E-state index in [1.807, 2.05) is 30.0 Å². The van der Waals surface area contributed by atoms with Crippen LogP contribution in [0.25, 0.3) is 10.2 Å². The highest BCUT2D eigenvalue weighted by molar-refractivity contribution is 7.22. The lowest BCUT2D eigenvalue weighted by Gasteiger charge is -2.36. The predicted octanol–water partition coefficient (Wildman–Crippen LogP) is 5.04. The zero-order chi connectivity index (χ0) is 19.7. The van der Waals surface area contributed by atoms with Crippen LogP contribution in [-0.4, -0.2) is 37.8 Å². The molecule has 1 aromatic heterocycles. The van der Waals surface area contributed by atoms with E-state index in [0.29, 0.717) is 38.5 Å². The number of fused-ring (bicyclic) bond motifs is 1. The Labute approximate surface area is 165 Å². The molecule has 0 saturated carbocycles. The molecule has 1 fully saturated rings. The standard InChI is InChI=1S/C20H20F3N3OS/c1-2-27-16-7-4-8-17-18(16)24-19(28-17)26-11-9-25(10-12-26)15-6-3-5-14(13-15)20(21,22)23/h3-8,13H,2,9-12H2,1H3. The summed E-state index contributed by atoms with van der Waals surface area (Å²) in [5.41, 5.74) is 0.865. The van der Waals surface area contributed by atoms with Crippen molar-refractivity contribution < 1.29 is 17.9 Å². The maximum Gasteiger partial charge on any atom is 0.416 e. The van der Waals surface area contributed by atoms with Gasteiger partial charge < -0.3 is 14.5 Å². The van der Waals surface area contributed by atoms with Gasteiger partial charge in [-0.2, -0.15) is 13.2 Å². The van der Waals surface area contributed by atoms with Gasteiger partial charge in [0.05, 0.1) is 16.9 Å². The molecule has 1 aliphatic rings. The minimum atomic E-state index is -4.32. The van der Waals surface area contributed by atoms with Gasteiger partial charge in [-0.1, -0.05) is 23.5 Å². The lowest BCUT2D eigenvalue weighted by Crippen LogP contribution is -2.46. The fraction of sp³-hybridized carbons (Fsp3) is 0.350. The summed E-state index contributed by atoms with van der Waals surface area (Å²) >= 11 is 1.61. The van der Waals surface area contributed by atoms with Crippen LogP contribution in [0.3, 0.4) is 0 Å². The molecule has 4 rings (SSSR count). The van der Waals surface area contributed by atoms with Crippen molar-refractivity contribution in [3.63, 3.8) is 0 Å². The Morgan fingerprint density at radius 2 is 1.75 bits per heavy atom. The van der Waals surface area contributed by atoms with Crippen LogP contribution in [-0.2, 0) is 6.18 Å². The number of rotatable bonds is 4. The molecule has 1 saturated heterocycles. The summed E-state index contributed by atoms with van der Waals surface area (Å²) in [4.78, 5) is 8.93. The van der Waals surface area contributed by atoms with Crippen molar-refractivity contribution in [2.75, 3.05) is 42.6 Å². The molecular formula is C20H20F3N3OS. The van der Waals surface area contributed by atoms with Crippen LogP contribution in [0.4, 0.5) is 24.0 Å². The molecule has 0 spiro atoms. The number of hydrogen-bond donors (Lipinski definition) is 0. The molecule has 0 amide bonds. The Hall–Kier alpha value is -2.48. The minimum Gasteiger partial charge on any atom is -0.492 e. The summed E-state index contributed by atoms with van der Waals surface area (Å²) in [6, 6.07) is 11.4. The summed E-state index contributed by atoms with van der Waals surface area (Å²) in [6.45, 7) is 5.24. The van der Waals surface area contributed by atoms with E-state index in [1.165, 1.54) is 12.1 Å². The molecule has 28 heavy (non-hydrogen) atoms. The third-order valence-electron chi connectivity index (χ3n) is 4.76. The largest absolute Gasteiger partial charge is 0.492 e. The van der Waals surface area contributed by atoms with Gasteiger partial charge >= 0.3 is 6.18 Å². The molecule has 0 bridgehead atoms. The maximum absolute atomic E-state index is 13.0. The highest BCUT2D eigenvalue weighted by Crippen LogP contribution is 2.35. The second-order valence-electron chi connectivity index (χ2n) is 6.55. The zero-order valence-corrected chi connectivity index (χ0v) is 16.2. The van der Waals surface area contributed by atoms with E-state index in [1.54, 1.807) is 17.4 Å². The summed E-state index contributed by atoms with van der Waals surface area (Å²) in [5, 5.41) is 0.922. The van der Waals surface area contributed by atoms with Crippen molar-refractivity contribution in [2.24, 2.45) is 0 Å². The molecule has 1 aliphatic heterocycles. The summed E-state index contributed by atoms with van der Waals surface area (Å²) in [5.74, 6) is 0.783. The molecular weight excluding hydrogens is 387 g/mol. The number of hydrogen-bond acceptors (Lipinski definition) is 5. The number of aromatic nitrogens is 1. The molecule has 148 valence electrons. The quantitative estimate of drug-likeness (QED) is 0.606. The first-order valence-electron chi connectivity index (χ1n) is 9.15. The molecule has 0 N–H and O–H groups in total. The SMILES string of the molecule is CCOc1cccc2sc(N3CCN(c4cccc(C(F)(F)F)c4)CC3)nc12. The van der Waals surface area contributed by atoms with Gasteiger partial charge in [0.25, 0.3) is 0 Å². The molecule has 2 heterocycles. The molecule has 0 radical (unpaired) electrons. The average molecular weight is 407 g/mol. The van der Waals surface area contributed by atoms with Crippen LogP contribution in [0.5, 0.6) is 5.75 Å². The summed E-state index contributed by atoms with van der Waals surface area (Å²) in [7, 11) is 0. The normalized spacial score (nSPS) is 15.3. The van der Waals surface area contributed by atoms with E-state index >= 15 is 0 Å². The van der Waals surface area contributed by atoms with Crippen molar-refractivity contribution in [1.82, 2.24) is 4.98 Å². The van der Waals surface area contributed by atoms with Crippen LogP contribution < -0.4 is 14.5 Å². The summed E-state index contributed by atoms with van der Waals surface area (Å²) in [6.07, 6.45) is -4.32. The Bertz CT molecular complexity index is 965. The number of piperazine rings is 1. The average Bonchev–Trinajstić information content (AvgIpc) is 3.13. The molecule has 4 nitrogen and oxygen atoms in total. The third-order valence-corrected chi connectivity index (χ3v) is 5.84. The number of benzene rings is 2. The number of ether oxygens (including phenoxy) is 1. The molecule has 0 unspecified atom stereocenters. The second-order valence-corrected chi connectivity index (χ2v) is 7.56. The van der Waals surface area contributed by atoms with Gasteiger partial charge in [0.15, 0.2) is 5.13 Å². The highest BCUT2D eigenvalue weighted by atomic mass is 32.1. The van der Waals surface area contributed by atoms with Crippen molar-refractivity contribution in [2.45, 2.75) is 13.1 Å². The van der Waals surface area contributed by atoms with Crippen LogP contribution in [0.1, 0.15) is 12.5 Å². The van der Waals surface area contributed by atoms with Gasteiger partial charge in [-0.25, -0.2) is 4.98 Å². The van der Waals surface area contributed by atoms with Crippen molar-refractivity contribution in [3.8, 4) is 5.75 Å². The first kappa shape index (κ1) is 18.9. The first-order chi connectivity index (χ1) is 13.5. The van der Waals surface area contributed by atoms with Crippen LogP contribution in [0, 0.1) is 0 Å². The third kappa shape index (κ3) is 3.73.